The molecule has 4 nitrogen and oxygen atoms in total. The third kappa shape index (κ3) is 1.78. The van der Waals surface area contributed by atoms with Crippen LogP contribution in [-0.4, -0.2) is 34.3 Å². The van der Waals surface area contributed by atoms with Gasteiger partial charge in [0.2, 0.25) is 0 Å². The van der Waals surface area contributed by atoms with Crippen LogP contribution >= 0.6 is 0 Å². The zero-order valence-electron chi connectivity index (χ0n) is 11.2. The predicted molar refractivity (Wildman–Crippen MR) is 66.5 cm³/mol. The molecule has 0 unspecified atom stereocenters. The third-order valence-corrected chi connectivity index (χ3v) is 4.17. The van der Waals surface area contributed by atoms with E-state index < -0.39 is 13.3 Å². The molecule has 2 atom stereocenters. The predicted octanol–water partition coefficient (Wildman–Crippen LogP) is 1.47. The van der Waals surface area contributed by atoms with E-state index >= 15 is 0 Å². The maximum atomic E-state index is 13.0. The molecule has 3 rings (SSSR count). The molecule has 1 aliphatic heterocycles. The van der Waals surface area contributed by atoms with E-state index in [0.717, 1.165) is 5.46 Å². The summed E-state index contributed by atoms with van der Waals surface area (Å²) in [6.45, 7) is 8.04. The van der Waals surface area contributed by atoms with E-state index in [-0.39, 0.29) is 17.2 Å². The number of aromatic nitrogens is 2. The molecule has 2 heterocycles. The van der Waals surface area contributed by atoms with E-state index in [1.807, 2.05) is 33.9 Å². The van der Waals surface area contributed by atoms with E-state index in [4.69, 9.17) is 9.31 Å². The topological polar surface area (TPSA) is 36.3 Å². The molecular weight excluding hydrogens is 234 g/mol. The second-order valence-corrected chi connectivity index (χ2v) is 6.16. The number of nitrogens with zero attached hydrogens (tertiary/aromatic N) is 2. The molecule has 0 bridgehead atoms. The average molecular weight is 252 g/mol. The molecule has 0 radical (unpaired) electrons. The van der Waals surface area contributed by atoms with Crippen molar-refractivity contribution in [1.82, 2.24) is 9.78 Å². The lowest BCUT2D eigenvalue weighted by molar-refractivity contribution is 0.00578. The first kappa shape index (κ1) is 12.2. The van der Waals surface area contributed by atoms with Gasteiger partial charge in [-0.3, -0.25) is 4.68 Å². The molecule has 0 N–H and O–H groups in total. The Kier molecular flexibility index (Phi) is 2.42. The summed E-state index contributed by atoms with van der Waals surface area (Å²) in [7, 11) is -0.416. The summed E-state index contributed by atoms with van der Waals surface area (Å²) in [4.78, 5) is 0. The van der Waals surface area contributed by atoms with Crippen LogP contribution in [0, 0.1) is 0 Å². The lowest BCUT2D eigenvalue weighted by atomic mass is 9.82. The van der Waals surface area contributed by atoms with Gasteiger partial charge in [0, 0.05) is 24.3 Å². The highest BCUT2D eigenvalue weighted by atomic mass is 19.1. The fourth-order valence-corrected chi connectivity index (χ4v) is 2.06. The van der Waals surface area contributed by atoms with Crippen molar-refractivity contribution in [2.75, 3.05) is 0 Å². The van der Waals surface area contributed by atoms with E-state index in [0.29, 0.717) is 6.42 Å². The Morgan fingerprint density at radius 3 is 2.39 bits per heavy atom. The molecule has 1 saturated heterocycles. The van der Waals surface area contributed by atoms with E-state index in [2.05, 4.69) is 5.10 Å². The monoisotopic (exact) mass is 252 g/mol. The van der Waals surface area contributed by atoms with E-state index in [1.54, 1.807) is 10.9 Å². The zero-order valence-corrected chi connectivity index (χ0v) is 11.2. The highest BCUT2D eigenvalue weighted by molar-refractivity contribution is 6.61. The Morgan fingerprint density at radius 2 is 1.89 bits per heavy atom. The van der Waals surface area contributed by atoms with Crippen molar-refractivity contribution in [3.63, 3.8) is 0 Å². The van der Waals surface area contributed by atoms with Gasteiger partial charge in [-0.25, -0.2) is 4.39 Å². The number of halogens is 1. The van der Waals surface area contributed by atoms with Crippen LogP contribution in [0.25, 0.3) is 0 Å². The molecule has 0 aromatic carbocycles. The number of alkyl halides is 1. The van der Waals surface area contributed by atoms with Crippen molar-refractivity contribution in [2.24, 2.45) is 0 Å². The third-order valence-electron chi connectivity index (χ3n) is 4.17. The van der Waals surface area contributed by atoms with Crippen molar-refractivity contribution in [3.05, 3.63) is 12.4 Å². The lowest BCUT2D eigenvalue weighted by Crippen LogP contribution is -2.41. The summed E-state index contributed by atoms with van der Waals surface area (Å²) >= 11 is 0. The SMILES string of the molecule is CC1(C)OB(c2cnn([C@@H]3C[C@H]3F)c2)OC1(C)C. The van der Waals surface area contributed by atoms with Crippen LogP contribution in [0.5, 0.6) is 0 Å². The molecule has 1 aromatic heterocycles. The molecular formula is C12H18BFN2O2. The van der Waals surface area contributed by atoms with Gasteiger partial charge in [0.15, 0.2) is 0 Å². The first-order valence-corrected chi connectivity index (χ1v) is 6.34. The second-order valence-electron chi connectivity index (χ2n) is 6.16. The van der Waals surface area contributed by atoms with Crippen molar-refractivity contribution >= 4 is 12.6 Å². The van der Waals surface area contributed by atoms with Gasteiger partial charge < -0.3 is 9.31 Å². The summed E-state index contributed by atoms with van der Waals surface area (Å²) in [5.41, 5.74) is 0.136. The van der Waals surface area contributed by atoms with E-state index in [1.165, 1.54) is 0 Å². The van der Waals surface area contributed by atoms with Crippen molar-refractivity contribution in [3.8, 4) is 0 Å². The highest BCUT2D eigenvalue weighted by Crippen LogP contribution is 2.39. The molecule has 2 aliphatic rings. The quantitative estimate of drug-likeness (QED) is 0.748. The van der Waals surface area contributed by atoms with Crippen LogP contribution in [0.15, 0.2) is 12.4 Å². The molecule has 1 aliphatic carbocycles. The van der Waals surface area contributed by atoms with Crippen LogP contribution in [-0.2, 0) is 9.31 Å². The first-order valence-electron chi connectivity index (χ1n) is 6.34. The molecule has 98 valence electrons. The molecule has 18 heavy (non-hydrogen) atoms. The van der Waals surface area contributed by atoms with Gasteiger partial charge in [-0.1, -0.05) is 0 Å². The van der Waals surface area contributed by atoms with Gasteiger partial charge in [-0.05, 0) is 27.7 Å². The standard InChI is InChI=1S/C12H18BFN2O2/c1-11(2)12(3,4)18-13(17-11)8-6-15-16(7-8)10-5-9(10)14/h6-7,9-10H,5H2,1-4H3/t9-,10-/m1/s1. The first-order chi connectivity index (χ1) is 8.30. The normalized spacial score (nSPS) is 32.8. The van der Waals surface area contributed by atoms with Gasteiger partial charge in [0.25, 0.3) is 0 Å². The fraction of sp³-hybridized carbons (Fsp3) is 0.750. The summed E-state index contributed by atoms with van der Waals surface area (Å²) in [5.74, 6) is 0. The minimum absolute atomic E-state index is 0.0961. The van der Waals surface area contributed by atoms with Crippen LogP contribution < -0.4 is 5.46 Å². The molecule has 0 spiro atoms. The van der Waals surface area contributed by atoms with Gasteiger partial charge >= 0.3 is 7.12 Å². The van der Waals surface area contributed by atoms with Gasteiger partial charge in [-0.2, -0.15) is 5.10 Å². The van der Waals surface area contributed by atoms with Crippen LogP contribution in [0.3, 0.4) is 0 Å². The molecule has 1 saturated carbocycles. The Bertz CT molecular complexity index is 458. The summed E-state index contributed by atoms with van der Waals surface area (Å²) in [6.07, 6.45) is 3.33. The summed E-state index contributed by atoms with van der Waals surface area (Å²) in [5, 5.41) is 4.19. The van der Waals surface area contributed by atoms with Gasteiger partial charge in [-0.15, -0.1) is 0 Å². The van der Waals surface area contributed by atoms with E-state index in [9.17, 15) is 4.39 Å². The number of rotatable bonds is 2. The van der Waals surface area contributed by atoms with Crippen molar-refractivity contribution < 1.29 is 13.7 Å². The maximum Gasteiger partial charge on any atom is 0.498 e. The highest BCUT2D eigenvalue weighted by Gasteiger charge is 2.52. The second kappa shape index (κ2) is 3.57. The van der Waals surface area contributed by atoms with Crippen LogP contribution in [0.4, 0.5) is 4.39 Å². The summed E-state index contributed by atoms with van der Waals surface area (Å²) < 4.78 is 26.5. The summed E-state index contributed by atoms with van der Waals surface area (Å²) in [6, 6.07) is -0.0961. The van der Waals surface area contributed by atoms with Crippen molar-refractivity contribution in [2.45, 2.75) is 57.5 Å². The Hall–Kier alpha value is -0.875. The van der Waals surface area contributed by atoms with Crippen LogP contribution in [0.1, 0.15) is 40.2 Å². The van der Waals surface area contributed by atoms with Crippen LogP contribution in [0.2, 0.25) is 0 Å². The Labute approximate surface area is 107 Å². The minimum Gasteiger partial charge on any atom is -0.399 e. The average Bonchev–Trinajstić information content (AvgIpc) is 2.73. The molecule has 0 amide bonds. The van der Waals surface area contributed by atoms with Crippen molar-refractivity contribution in [1.29, 1.82) is 0 Å². The largest absolute Gasteiger partial charge is 0.498 e. The number of hydrogen-bond donors (Lipinski definition) is 0. The molecule has 1 aromatic rings. The molecule has 6 heteroatoms. The fourth-order valence-electron chi connectivity index (χ4n) is 2.06. The lowest BCUT2D eigenvalue weighted by Gasteiger charge is -2.32. The Morgan fingerprint density at radius 1 is 1.33 bits per heavy atom. The Balaban J connectivity index is 1.78. The minimum atomic E-state index is -0.754. The smallest absolute Gasteiger partial charge is 0.399 e. The van der Waals surface area contributed by atoms with Gasteiger partial charge in [0.05, 0.1) is 17.2 Å². The van der Waals surface area contributed by atoms with Gasteiger partial charge in [0.1, 0.15) is 6.17 Å². The number of hydrogen-bond acceptors (Lipinski definition) is 3. The molecule has 2 fully saturated rings. The zero-order chi connectivity index (χ0) is 13.1. The maximum absolute atomic E-state index is 13.0.